The Kier molecular flexibility index (Phi) is 4.57. The largest absolute Gasteiger partial charge is 0.361 e. The number of rotatable bonds is 4. The van der Waals surface area contributed by atoms with Gasteiger partial charge >= 0.3 is 0 Å². The molecule has 2 fully saturated rings. The van der Waals surface area contributed by atoms with Gasteiger partial charge in [-0.05, 0) is 26.7 Å². The molecule has 2 aliphatic rings. The van der Waals surface area contributed by atoms with Crippen LogP contribution >= 0.6 is 0 Å². The van der Waals surface area contributed by atoms with Crippen molar-refractivity contribution in [3.05, 3.63) is 29.3 Å². The van der Waals surface area contributed by atoms with Crippen LogP contribution in [0.15, 0.2) is 16.7 Å². The van der Waals surface area contributed by atoms with Crippen LogP contribution in [-0.4, -0.2) is 59.3 Å². The molecule has 0 saturated carbocycles. The highest BCUT2D eigenvalue weighted by Gasteiger charge is 2.22. The van der Waals surface area contributed by atoms with Crippen LogP contribution in [0, 0.1) is 13.8 Å². The molecule has 134 valence electrons. The fourth-order valence-corrected chi connectivity index (χ4v) is 3.61. The Labute approximate surface area is 148 Å². The number of aryl methyl sites for hydroxylation is 2. The third-order valence-electron chi connectivity index (χ3n) is 4.98. The first-order valence-electron chi connectivity index (χ1n) is 9.17. The van der Waals surface area contributed by atoms with Gasteiger partial charge < -0.3 is 14.3 Å². The summed E-state index contributed by atoms with van der Waals surface area (Å²) in [5.41, 5.74) is 2.06. The number of hydrogen-bond donors (Lipinski definition) is 0. The van der Waals surface area contributed by atoms with Crippen LogP contribution in [0.25, 0.3) is 0 Å². The third kappa shape index (κ3) is 3.76. The highest BCUT2D eigenvalue weighted by atomic mass is 16.5. The van der Waals surface area contributed by atoms with Crippen LogP contribution in [0.3, 0.4) is 0 Å². The minimum Gasteiger partial charge on any atom is -0.361 e. The van der Waals surface area contributed by atoms with Gasteiger partial charge in [0.2, 0.25) is 5.95 Å². The number of hydrogen-bond acceptors (Lipinski definition) is 7. The zero-order valence-corrected chi connectivity index (χ0v) is 15.1. The molecule has 7 heteroatoms. The van der Waals surface area contributed by atoms with Crippen LogP contribution < -0.4 is 9.80 Å². The molecule has 2 aromatic heterocycles. The summed E-state index contributed by atoms with van der Waals surface area (Å²) in [5, 5.41) is 4.10. The standard InChI is InChI=1S/C18H26N6O/c1-14-11-17(20-18(19-14)24-5-3-4-6-24)23-9-7-22(8-10-23)13-16-12-15(2)25-21-16/h11-12H,3-10,13H2,1-2H3. The van der Waals surface area contributed by atoms with E-state index < -0.39 is 0 Å². The first-order valence-corrected chi connectivity index (χ1v) is 9.17. The van der Waals surface area contributed by atoms with Gasteiger partial charge in [-0.15, -0.1) is 0 Å². The highest BCUT2D eigenvalue weighted by molar-refractivity contribution is 5.46. The summed E-state index contributed by atoms with van der Waals surface area (Å²) >= 11 is 0. The summed E-state index contributed by atoms with van der Waals surface area (Å²) < 4.78 is 5.16. The minimum absolute atomic E-state index is 0.854. The van der Waals surface area contributed by atoms with Crippen molar-refractivity contribution in [3.63, 3.8) is 0 Å². The predicted octanol–water partition coefficient (Wildman–Crippen LogP) is 2.00. The molecular weight excluding hydrogens is 316 g/mol. The van der Waals surface area contributed by atoms with E-state index in [0.29, 0.717) is 0 Å². The normalized spacial score (nSPS) is 19.0. The summed E-state index contributed by atoms with van der Waals surface area (Å²) in [7, 11) is 0. The van der Waals surface area contributed by atoms with Gasteiger partial charge in [-0.2, -0.15) is 4.98 Å². The van der Waals surface area contributed by atoms with E-state index in [2.05, 4.69) is 37.8 Å². The van der Waals surface area contributed by atoms with Crippen LogP contribution in [0.4, 0.5) is 11.8 Å². The Morgan fingerprint density at radius 1 is 0.920 bits per heavy atom. The lowest BCUT2D eigenvalue weighted by Crippen LogP contribution is -2.46. The van der Waals surface area contributed by atoms with Crippen molar-refractivity contribution < 1.29 is 4.52 Å². The van der Waals surface area contributed by atoms with Gasteiger partial charge in [-0.3, -0.25) is 4.90 Å². The minimum atomic E-state index is 0.854. The number of piperazine rings is 1. The maximum absolute atomic E-state index is 5.16. The molecule has 0 unspecified atom stereocenters. The van der Waals surface area contributed by atoms with Crippen molar-refractivity contribution in [2.45, 2.75) is 33.2 Å². The van der Waals surface area contributed by atoms with Gasteiger partial charge in [0.1, 0.15) is 11.6 Å². The summed E-state index contributed by atoms with van der Waals surface area (Å²) in [6.07, 6.45) is 2.49. The third-order valence-corrected chi connectivity index (χ3v) is 4.98. The average molecular weight is 342 g/mol. The van der Waals surface area contributed by atoms with Crippen molar-refractivity contribution in [2.75, 3.05) is 49.1 Å². The molecule has 0 atom stereocenters. The van der Waals surface area contributed by atoms with E-state index in [1.807, 2.05) is 13.0 Å². The Morgan fingerprint density at radius 2 is 1.68 bits per heavy atom. The molecule has 25 heavy (non-hydrogen) atoms. The lowest BCUT2D eigenvalue weighted by molar-refractivity contribution is 0.241. The van der Waals surface area contributed by atoms with E-state index in [4.69, 9.17) is 9.51 Å². The van der Waals surface area contributed by atoms with Crippen molar-refractivity contribution in [1.29, 1.82) is 0 Å². The van der Waals surface area contributed by atoms with E-state index in [-0.39, 0.29) is 0 Å². The Balaban J connectivity index is 1.40. The van der Waals surface area contributed by atoms with Gasteiger partial charge in [0.15, 0.2) is 0 Å². The molecule has 0 aliphatic carbocycles. The Bertz CT molecular complexity index is 716. The summed E-state index contributed by atoms with van der Waals surface area (Å²) in [4.78, 5) is 16.6. The maximum Gasteiger partial charge on any atom is 0.227 e. The van der Waals surface area contributed by atoms with Crippen molar-refractivity contribution >= 4 is 11.8 Å². The van der Waals surface area contributed by atoms with E-state index >= 15 is 0 Å². The first kappa shape index (κ1) is 16.3. The van der Waals surface area contributed by atoms with Crippen molar-refractivity contribution in [2.24, 2.45) is 0 Å². The quantitative estimate of drug-likeness (QED) is 0.842. The second-order valence-electron chi connectivity index (χ2n) is 7.05. The molecule has 0 radical (unpaired) electrons. The SMILES string of the molecule is Cc1cc(N2CCN(Cc3cc(C)on3)CC2)nc(N2CCCC2)n1. The van der Waals surface area contributed by atoms with Gasteiger partial charge in [0.25, 0.3) is 0 Å². The van der Waals surface area contributed by atoms with Crippen molar-refractivity contribution in [3.8, 4) is 0 Å². The van der Waals surface area contributed by atoms with E-state index in [1.165, 1.54) is 12.8 Å². The molecular formula is C18H26N6O. The summed E-state index contributed by atoms with van der Waals surface area (Å²) in [6.45, 7) is 11.0. The van der Waals surface area contributed by atoms with Crippen molar-refractivity contribution in [1.82, 2.24) is 20.0 Å². The van der Waals surface area contributed by atoms with Crippen LogP contribution in [-0.2, 0) is 6.54 Å². The molecule has 0 spiro atoms. The number of nitrogens with zero attached hydrogens (tertiary/aromatic N) is 6. The summed E-state index contributed by atoms with van der Waals surface area (Å²) in [6, 6.07) is 4.12. The second-order valence-corrected chi connectivity index (χ2v) is 7.05. The molecule has 4 rings (SSSR count). The Morgan fingerprint density at radius 3 is 2.36 bits per heavy atom. The van der Waals surface area contributed by atoms with Gasteiger partial charge in [0.05, 0.1) is 5.69 Å². The fourth-order valence-electron chi connectivity index (χ4n) is 3.61. The topological polar surface area (TPSA) is 61.5 Å². The van der Waals surface area contributed by atoms with Gasteiger partial charge in [0, 0.05) is 63.6 Å². The smallest absolute Gasteiger partial charge is 0.227 e. The predicted molar refractivity (Wildman–Crippen MR) is 96.9 cm³/mol. The number of aromatic nitrogens is 3. The molecule has 0 bridgehead atoms. The van der Waals surface area contributed by atoms with Gasteiger partial charge in [-0.25, -0.2) is 4.98 Å². The van der Waals surface area contributed by atoms with E-state index in [0.717, 1.165) is 74.7 Å². The van der Waals surface area contributed by atoms with Crippen LogP contribution in [0.2, 0.25) is 0 Å². The lowest BCUT2D eigenvalue weighted by atomic mass is 10.2. The zero-order valence-electron chi connectivity index (χ0n) is 15.1. The molecule has 0 amide bonds. The lowest BCUT2D eigenvalue weighted by Gasteiger charge is -2.35. The van der Waals surface area contributed by atoms with Crippen LogP contribution in [0.5, 0.6) is 0 Å². The molecule has 4 heterocycles. The molecule has 2 aromatic rings. The average Bonchev–Trinajstić information content (AvgIpc) is 3.27. The molecule has 0 N–H and O–H groups in total. The molecule has 2 saturated heterocycles. The molecule has 2 aliphatic heterocycles. The molecule has 7 nitrogen and oxygen atoms in total. The Hall–Kier alpha value is -2.15. The second kappa shape index (κ2) is 7.00. The monoisotopic (exact) mass is 342 g/mol. The highest BCUT2D eigenvalue weighted by Crippen LogP contribution is 2.22. The molecule has 0 aromatic carbocycles. The van der Waals surface area contributed by atoms with E-state index in [1.54, 1.807) is 0 Å². The maximum atomic E-state index is 5.16. The van der Waals surface area contributed by atoms with E-state index in [9.17, 15) is 0 Å². The number of anilines is 2. The van der Waals surface area contributed by atoms with Gasteiger partial charge in [-0.1, -0.05) is 5.16 Å². The fraction of sp³-hybridized carbons (Fsp3) is 0.611. The van der Waals surface area contributed by atoms with Crippen LogP contribution in [0.1, 0.15) is 30.0 Å². The first-order chi connectivity index (χ1) is 12.2. The summed E-state index contributed by atoms with van der Waals surface area (Å²) in [5.74, 6) is 2.83. The zero-order chi connectivity index (χ0) is 17.2.